The zero-order chi connectivity index (χ0) is 12.3. The second kappa shape index (κ2) is 5.13. The minimum absolute atomic E-state index is 0.0300. The zero-order valence-corrected chi connectivity index (χ0v) is 11.1. The highest BCUT2D eigenvalue weighted by atomic mass is 35.5. The van der Waals surface area contributed by atoms with Crippen molar-refractivity contribution in [2.45, 2.75) is 31.8 Å². The van der Waals surface area contributed by atoms with E-state index < -0.39 is 0 Å². The summed E-state index contributed by atoms with van der Waals surface area (Å²) >= 11 is 6.07. The smallest absolute Gasteiger partial charge is 0.0621 e. The Morgan fingerprint density at radius 2 is 2.12 bits per heavy atom. The van der Waals surface area contributed by atoms with Gasteiger partial charge in [0.25, 0.3) is 0 Å². The number of rotatable bonds is 4. The topological polar surface area (TPSA) is 42.1 Å². The van der Waals surface area contributed by atoms with Gasteiger partial charge in [-0.15, -0.1) is 0 Å². The number of aromatic nitrogens is 1. The first-order chi connectivity index (χ1) is 7.35. The van der Waals surface area contributed by atoms with Crippen LogP contribution in [0.4, 0.5) is 0 Å². The van der Waals surface area contributed by atoms with Crippen LogP contribution < -0.4 is 5.73 Å². The number of nitrogens with two attached hydrogens (primary N) is 1. The lowest BCUT2D eigenvalue weighted by atomic mass is 9.89. The van der Waals surface area contributed by atoms with E-state index in [0.717, 1.165) is 12.0 Å². The predicted octanol–water partition coefficient (Wildman–Crippen LogP) is 1.94. The third kappa shape index (κ3) is 2.94. The van der Waals surface area contributed by atoms with Crippen molar-refractivity contribution in [1.29, 1.82) is 0 Å². The summed E-state index contributed by atoms with van der Waals surface area (Å²) in [6.45, 7) is 4.26. The van der Waals surface area contributed by atoms with Crippen molar-refractivity contribution in [2.75, 3.05) is 14.1 Å². The molecule has 0 bridgehead atoms. The fourth-order valence-electron chi connectivity index (χ4n) is 1.39. The highest BCUT2D eigenvalue weighted by Crippen LogP contribution is 2.21. The molecule has 1 rings (SSSR count). The van der Waals surface area contributed by atoms with Gasteiger partial charge in [0.2, 0.25) is 0 Å². The molecule has 16 heavy (non-hydrogen) atoms. The van der Waals surface area contributed by atoms with Crippen molar-refractivity contribution in [3.63, 3.8) is 0 Å². The molecule has 1 aromatic heterocycles. The molecule has 0 fully saturated rings. The lowest BCUT2D eigenvalue weighted by Crippen LogP contribution is -2.54. The summed E-state index contributed by atoms with van der Waals surface area (Å²) in [7, 11) is 4.07. The van der Waals surface area contributed by atoms with Crippen molar-refractivity contribution in [3.05, 3.63) is 29.0 Å². The van der Waals surface area contributed by atoms with E-state index in [0.29, 0.717) is 5.02 Å². The van der Waals surface area contributed by atoms with Gasteiger partial charge in [-0.3, -0.25) is 4.98 Å². The highest BCUT2D eigenvalue weighted by molar-refractivity contribution is 6.31. The standard InChI is InChI=1S/C12H20ClN3/c1-12(2,16(3)4)11(14)7-9-5-6-15-8-10(9)13/h5-6,8,11H,7,14H2,1-4H3. The van der Waals surface area contributed by atoms with Gasteiger partial charge < -0.3 is 10.6 Å². The average molecular weight is 242 g/mol. The summed E-state index contributed by atoms with van der Waals surface area (Å²) in [5, 5.41) is 0.688. The van der Waals surface area contributed by atoms with Crippen LogP contribution >= 0.6 is 11.6 Å². The van der Waals surface area contributed by atoms with Crippen LogP contribution in [0.1, 0.15) is 19.4 Å². The summed E-state index contributed by atoms with van der Waals surface area (Å²) in [6.07, 6.45) is 4.16. The molecule has 0 aliphatic rings. The molecule has 0 amide bonds. The molecule has 1 unspecified atom stereocenters. The van der Waals surface area contributed by atoms with Crippen molar-refractivity contribution in [2.24, 2.45) is 5.73 Å². The van der Waals surface area contributed by atoms with Crippen LogP contribution in [-0.2, 0) is 6.42 Å². The third-order valence-electron chi connectivity index (χ3n) is 3.36. The number of halogens is 1. The first-order valence-electron chi connectivity index (χ1n) is 5.37. The fourth-order valence-corrected chi connectivity index (χ4v) is 1.58. The Morgan fingerprint density at radius 1 is 1.50 bits per heavy atom. The third-order valence-corrected chi connectivity index (χ3v) is 3.70. The first kappa shape index (κ1) is 13.4. The normalized spacial score (nSPS) is 14.2. The molecule has 0 spiro atoms. The molecule has 2 N–H and O–H groups in total. The number of nitrogens with zero attached hydrogens (tertiary/aromatic N) is 2. The van der Waals surface area contributed by atoms with Gasteiger partial charge in [-0.05, 0) is 46.0 Å². The quantitative estimate of drug-likeness (QED) is 0.876. The summed E-state index contributed by atoms with van der Waals surface area (Å²) in [5.74, 6) is 0. The molecule has 0 radical (unpaired) electrons. The van der Waals surface area contributed by atoms with Gasteiger partial charge in [-0.25, -0.2) is 0 Å². The van der Waals surface area contributed by atoms with Gasteiger partial charge >= 0.3 is 0 Å². The van der Waals surface area contributed by atoms with Gasteiger partial charge in [-0.2, -0.15) is 0 Å². The maximum absolute atomic E-state index is 6.23. The summed E-state index contributed by atoms with van der Waals surface area (Å²) in [5.41, 5.74) is 7.22. The number of pyridine rings is 1. The molecule has 1 heterocycles. The van der Waals surface area contributed by atoms with Crippen molar-refractivity contribution in [1.82, 2.24) is 9.88 Å². The molecule has 1 aromatic rings. The molecular formula is C12H20ClN3. The Balaban J connectivity index is 2.79. The summed E-state index contributed by atoms with van der Waals surface area (Å²) < 4.78 is 0. The van der Waals surface area contributed by atoms with E-state index in [2.05, 4.69) is 23.7 Å². The lowest BCUT2D eigenvalue weighted by molar-refractivity contribution is 0.158. The average Bonchev–Trinajstić information content (AvgIpc) is 2.21. The van der Waals surface area contributed by atoms with Crippen LogP contribution in [0.2, 0.25) is 5.02 Å². The lowest BCUT2D eigenvalue weighted by Gasteiger charge is -2.38. The van der Waals surface area contributed by atoms with Gasteiger partial charge in [0.15, 0.2) is 0 Å². The Morgan fingerprint density at radius 3 is 2.62 bits per heavy atom. The SMILES string of the molecule is CN(C)C(C)(C)C(N)Cc1ccncc1Cl. The molecule has 1 atom stereocenters. The molecule has 0 aromatic carbocycles. The monoisotopic (exact) mass is 241 g/mol. The van der Waals surface area contributed by atoms with Crippen molar-refractivity contribution < 1.29 is 0 Å². The van der Waals surface area contributed by atoms with Gasteiger partial charge in [0.05, 0.1) is 5.02 Å². The fraction of sp³-hybridized carbons (Fsp3) is 0.583. The van der Waals surface area contributed by atoms with Crippen LogP contribution in [-0.4, -0.2) is 35.6 Å². The van der Waals surface area contributed by atoms with E-state index in [1.165, 1.54) is 0 Å². The Labute approximate surface area is 103 Å². The van der Waals surface area contributed by atoms with Crippen LogP contribution in [0.15, 0.2) is 18.5 Å². The van der Waals surface area contributed by atoms with E-state index >= 15 is 0 Å². The highest BCUT2D eigenvalue weighted by Gasteiger charge is 2.28. The molecule has 0 aliphatic carbocycles. The maximum Gasteiger partial charge on any atom is 0.0621 e. The van der Waals surface area contributed by atoms with E-state index in [-0.39, 0.29) is 11.6 Å². The molecule has 4 heteroatoms. The Bertz CT molecular complexity index is 350. The van der Waals surface area contributed by atoms with E-state index in [4.69, 9.17) is 17.3 Å². The number of likely N-dealkylation sites (N-methyl/N-ethyl adjacent to an activating group) is 1. The van der Waals surface area contributed by atoms with Crippen LogP contribution in [0.3, 0.4) is 0 Å². The molecule has 3 nitrogen and oxygen atoms in total. The van der Waals surface area contributed by atoms with E-state index in [9.17, 15) is 0 Å². The van der Waals surface area contributed by atoms with Gasteiger partial charge in [-0.1, -0.05) is 11.6 Å². The zero-order valence-electron chi connectivity index (χ0n) is 10.4. The predicted molar refractivity (Wildman–Crippen MR) is 68.7 cm³/mol. The molecule has 90 valence electrons. The summed E-state index contributed by atoms with van der Waals surface area (Å²) in [6, 6.07) is 1.95. The number of hydrogen-bond acceptors (Lipinski definition) is 3. The van der Waals surface area contributed by atoms with E-state index in [1.54, 1.807) is 12.4 Å². The molecule has 0 aliphatic heterocycles. The number of hydrogen-bond donors (Lipinski definition) is 1. The maximum atomic E-state index is 6.23. The second-order valence-electron chi connectivity index (χ2n) is 4.83. The first-order valence-corrected chi connectivity index (χ1v) is 5.75. The minimum atomic E-state index is -0.0629. The molecule has 0 saturated heterocycles. The Hall–Kier alpha value is -0.640. The molecular weight excluding hydrogens is 222 g/mol. The Kier molecular flexibility index (Phi) is 4.30. The summed E-state index contributed by atoms with van der Waals surface area (Å²) in [4.78, 5) is 6.10. The largest absolute Gasteiger partial charge is 0.326 e. The van der Waals surface area contributed by atoms with E-state index in [1.807, 2.05) is 20.2 Å². The van der Waals surface area contributed by atoms with Gasteiger partial charge in [0.1, 0.15) is 0 Å². The van der Waals surface area contributed by atoms with Crippen molar-refractivity contribution >= 4 is 11.6 Å². The van der Waals surface area contributed by atoms with Crippen LogP contribution in [0.5, 0.6) is 0 Å². The van der Waals surface area contributed by atoms with Crippen LogP contribution in [0.25, 0.3) is 0 Å². The molecule has 0 saturated carbocycles. The minimum Gasteiger partial charge on any atom is -0.326 e. The van der Waals surface area contributed by atoms with Crippen LogP contribution in [0, 0.1) is 0 Å². The van der Waals surface area contributed by atoms with Gasteiger partial charge in [0, 0.05) is 24.0 Å². The second-order valence-corrected chi connectivity index (χ2v) is 5.23. The van der Waals surface area contributed by atoms with Crippen molar-refractivity contribution in [3.8, 4) is 0 Å².